The molecule has 0 spiro atoms. The van der Waals surface area contributed by atoms with Crippen molar-refractivity contribution < 1.29 is 18.8 Å². The van der Waals surface area contributed by atoms with E-state index in [9.17, 15) is 4.79 Å². The van der Waals surface area contributed by atoms with E-state index in [0.717, 1.165) is 61.5 Å². The van der Waals surface area contributed by atoms with E-state index >= 15 is 0 Å². The number of nitrogens with zero attached hydrogens (tertiary/aromatic N) is 2. The topological polar surface area (TPSA) is 90.2 Å². The molecule has 188 valence electrons. The molecular formula is C28H37N3O4. The number of Topliss-reactive ketones (excluding diaryl/α,β-unsaturated/α-hetero) is 1. The second-order valence-electron chi connectivity index (χ2n) is 10.2. The molecule has 1 saturated heterocycles. The van der Waals surface area contributed by atoms with Gasteiger partial charge in [-0.05, 0) is 56.1 Å². The van der Waals surface area contributed by atoms with E-state index in [4.69, 9.17) is 19.0 Å². The minimum Gasteiger partial charge on any atom is -0.494 e. The molecule has 0 radical (unpaired) electrons. The summed E-state index contributed by atoms with van der Waals surface area (Å²) in [5.74, 6) is 2.69. The molecule has 2 aromatic heterocycles. The van der Waals surface area contributed by atoms with Crippen molar-refractivity contribution in [3.05, 3.63) is 41.0 Å². The largest absolute Gasteiger partial charge is 0.494 e. The molecule has 0 amide bonds. The lowest BCUT2D eigenvalue weighted by atomic mass is 9.78. The number of H-pyrrole nitrogens is 1. The first-order valence-corrected chi connectivity index (χ1v) is 13.2. The Balaban J connectivity index is 1.51. The SMILES string of the molecule is COc1c(C2CCOCC2)ccc2[nH]c(C(CC(=O)c3conc3C)C3CCCCCCC3)nc12. The second kappa shape index (κ2) is 10.9. The molecule has 1 aliphatic heterocycles. The van der Waals surface area contributed by atoms with Crippen molar-refractivity contribution in [1.29, 1.82) is 0 Å². The third kappa shape index (κ3) is 5.15. The van der Waals surface area contributed by atoms with E-state index < -0.39 is 0 Å². The molecule has 0 bridgehead atoms. The number of ether oxygens (including phenoxy) is 2. The standard InChI is InChI=1S/C28H37N3O4/c1-18-23(17-35-31-18)25(32)16-22(19-8-6-4-3-5-7-9-19)28-29-24-11-10-21(20-12-14-34-15-13-20)27(33-2)26(24)30-28/h10-11,17,19-20,22H,3-9,12-16H2,1-2H3,(H,29,30). The Kier molecular flexibility index (Phi) is 7.51. The van der Waals surface area contributed by atoms with Gasteiger partial charge in [-0.15, -0.1) is 0 Å². The molecule has 1 N–H and O–H groups in total. The summed E-state index contributed by atoms with van der Waals surface area (Å²) in [5.41, 5.74) is 4.28. The Hall–Kier alpha value is -2.67. The molecule has 7 heteroatoms. The Morgan fingerprint density at radius 2 is 1.86 bits per heavy atom. The van der Waals surface area contributed by atoms with E-state index in [0.29, 0.717) is 29.5 Å². The van der Waals surface area contributed by atoms with E-state index in [-0.39, 0.29) is 11.7 Å². The van der Waals surface area contributed by atoms with Crippen molar-refractivity contribution in [3.63, 3.8) is 0 Å². The number of hydrogen-bond acceptors (Lipinski definition) is 6. The van der Waals surface area contributed by atoms with Crippen LogP contribution in [0.5, 0.6) is 5.75 Å². The summed E-state index contributed by atoms with van der Waals surface area (Å²) in [5, 5.41) is 3.92. The highest BCUT2D eigenvalue weighted by atomic mass is 16.5. The van der Waals surface area contributed by atoms with Gasteiger partial charge in [0.25, 0.3) is 0 Å². The van der Waals surface area contributed by atoms with Crippen LogP contribution in [0, 0.1) is 12.8 Å². The van der Waals surface area contributed by atoms with Crippen LogP contribution in [0.15, 0.2) is 22.9 Å². The maximum atomic E-state index is 13.3. The normalized spacial score (nSPS) is 19.4. The van der Waals surface area contributed by atoms with Crippen molar-refractivity contribution in [2.45, 2.75) is 83.0 Å². The highest BCUT2D eigenvalue weighted by Crippen LogP contribution is 2.41. The van der Waals surface area contributed by atoms with E-state index in [1.165, 1.54) is 43.9 Å². The minimum absolute atomic E-state index is 0.0264. The number of aromatic nitrogens is 3. The molecule has 35 heavy (non-hydrogen) atoms. The smallest absolute Gasteiger partial charge is 0.168 e. The number of aromatic amines is 1. The molecule has 5 rings (SSSR count). The third-order valence-electron chi connectivity index (χ3n) is 8.05. The fourth-order valence-electron chi connectivity index (χ4n) is 6.05. The van der Waals surface area contributed by atoms with E-state index in [2.05, 4.69) is 22.3 Å². The molecule has 7 nitrogen and oxygen atoms in total. The van der Waals surface area contributed by atoms with Crippen LogP contribution in [0.2, 0.25) is 0 Å². The maximum absolute atomic E-state index is 13.3. The van der Waals surface area contributed by atoms with Crippen LogP contribution in [0.4, 0.5) is 0 Å². The van der Waals surface area contributed by atoms with Crippen LogP contribution in [-0.4, -0.2) is 41.2 Å². The van der Waals surface area contributed by atoms with Crippen LogP contribution < -0.4 is 4.74 Å². The van der Waals surface area contributed by atoms with Gasteiger partial charge >= 0.3 is 0 Å². The van der Waals surface area contributed by atoms with Crippen LogP contribution >= 0.6 is 0 Å². The quantitative estimate of drug-likeness (QED) is 0.390. The average molecular weight is 480 g/mol. The van der Waals surface area contributed by atoms with E-state index in [1.807, 2.05) is 6.92 Å². The number of hydrogen-bond donors (Lipinski definition) is 1. The lowest BCUT2D eigenvalue weighted by Crippen LogP contribution is -2.20. The molecule has 1 aliphatic carbocycles. The zero-order chi connectivity index (χ0) is 24.2. The Morgan fingerprint density at radius 1 is 1.11 bits per heavy atom. The summed E-state index contributed by atoms with van der Waals surface area (Å²) in [6.07, 6.45) is 12.4. The van der Waals surface area contributed by atoms with Crippen LogP contribution in [-0.2, 0) is 4.74 Å². The van der Waals surface area contributed by atoms with Crippen molar-refractivity contribution >= 4 is 16.8 Å². The highest BCUT2D eigenvalue weighted by Gasteiger charge is 2.31. The number of carbonyl (C=O) groups excluding carboxylic acids is 1. The molecule has 1 saturated carbocycles. The van der Waals surface area contributed by atoms with Crippen molar-refractivity contribution in [3.8, 4) is 5.75 Å². The van der Waals surface area contributed by atoms with Gasteiger partial charge in [-0.2, -0.15) is 0 Å². The van der Waals surface area contributed by atoms with Gasteiger partial charge in [-0.1, -0.05) is 43.3 Å². The minimum atomic E-state index is 0.0264. The lowest BCUT2D eigenvalue weighted by molar-refractivity contribution is 0.0848. The van der Waals surface area contributed by atoms with Gasteiger partial charge in [0.15, 0.2) is 5.78 Å². The number of methoxy groups -OCH3 is 1. The van der Waals surface area contributed by atoms with Gasteiger partial charge in [0.2, 0.25) is 0 Å². The number of fused-ring (bicyclic) bond motifs is 1. The fourth-order valence-corrected chi connectivity index (χ4v) is 6.05. The molecule has 2 fully saturated rings. The maximum Gasteiger partial charge on any atom is 0.168 e. The Bertz CT molecular complexity index is 1140. The van der Waals surface area contributed by atoms with Crippen LogP contribution in [0.25, 0.3) is 11.0 Å². The van der Waals surface area contributed by atoms with Gasteiger partial charge in [0, 0.05) is 25.6 Å². The molecule has 3 aromatic rings. The summed E-state index contributed by atoms with van der Waals surface area (Å²) in [7, 11) is 1.73. The molecule has 2 aliphatic rings. The first-order valence-electron chi connectivity index (χ1n) is 13.2. The van der Waals surface area contributed by atoms with Gasteiger partial charge in [-0.3, -0.25) is 4.79 Å². The number of nitrogens with one attached hydrogen (secondary N) is 1. The summed E-state index contributed by atoms with van der Waals surface area (Å²) in [6.45, 7) is 3.39. The van der Waals surface area contributed by atoms with Gasteiger partial charge in [0.1, 0.15) is 23.4 Å². The monoisotopic (exact) mass is 479 g/mol. The zero-order valence-corrected chi connectivity index (χ0v) is 21.0. The number of rotatable bonds is 7. The number of benzene rings is 1. The van der Waals surface area contributed by atoms with Gasteiger partial charge in [-0.25, -0.2) is 4.98 Å². The Labute approximate surface area is 207 Å². The number of imidazole rings is 1. The highest BCUT2D eigenvalue weighted by molar-refractivity contribution is 5.97. The predicted molar refractivity (Wildman–Crippen MR) is 134 cm³/mol. The van der Waals surface area contributed by atoms with Crippen molar-refractivity contribution in [2.75, 3.05) is 20.3 Å². The Morgan fingerprint density at radius 3 is 2.54 bits per heavy atom. The molecule has 1 aromatic carbocycles. The summed E-state index contributed by atoms with van der Waals surface area (Å²) in [6, 6.07) is 4.30. The van der Waals surface area contributed by atoms with E-state index in [1.54, 1.807) is 7.11 Å². The first kappa shape index (κ1) is 24.0. The van der Waals surface area contributed by atoms with Gasteiger partial charge < -0.3 is 19.0 Å². The van der Waals surface area contributed by atoms with Gasteiger partial charge in [0.05, 0.1) is 23.9 Å². The predicted octanol–water partition coefficient (Wildman–Crippen LogP) is 6.48. The number of ketones is 1. The molecular weight excluding hydrogens is 442 g/mol. The lowest BCUT2D eigenvalue weighted by Gasteiger charge is -2.27. The fraction of sp³-hybridized carbons (Fsp3) is 0.607. The van der Waals surface area contributed by atoms with Crippen LogP contribution in [0.1, 0.15) is 103 Å². The number of aryl methyl sites for hydroxylation is 1. The third-order valence-corrected chi connectivity index (χ3v) is 8.05. The molecule has 1 unspecified atom stereocenters. The average Bonchev–Trinajstić information content (AvgIpc) is 3.48. The number of carbonyl (C=O) groups is 1. The van der Waals surface area contributed by atoms with Crippen molar-refractivity contribution in [2.24, 2.45) is 5.92 Å². The molecule has 1 atom stereocenters. The summed E-state index contributed by atoms with van der Waals surface area (Å²) in [4.78, 5) is 22.0. The second-order valence-corrected chi connectivity index (χ2v) is 10.2. The zero-order valence-electron chi connectivity index (χ0n) is 21.0. The summed E-state index contributed by atoms with van der Waals surface area (Å²) < 4.78 is 16.6. The summed E-state index contributed by atoms with van der Waals surface area (Å²) >= 11 is 0. The molecule has 3 heterocycles. The first-order chi connectivity index (χ1) is 17.2. The van der Waals surface area contributed by atoms with Crippen molar-refractivity contribution in [1.82, 2.24) is 15.1 Å². The van der Waals surface area contributed by atoms with Crippen LogP contribution in [0.3, 0.4) is 0 Å².